The van der Waals surface area contributed by atoms with Crippen LogP contribution in [0.5, 0.6) is 5.75 Å². The van der Waals surface area contributed by atoms with Gasteiger partial charge in [-0.2, -0.15) is 0 Å². The number of anilines is 2. The van der Waals surface area contributed by atoms with Gasteiger partial charge in [0.05, 0.1) is 31.0 Å². The van der Waals surface area contributed by atoms with E-state index in [1.807, 2.05) is 6.92 Å². The molecular formula is C27H34FN5O5. The summed E-state index contributed by atoms with van der Waals surface area (Å²) >= 11 is 0. The largest absolute Gasteiger partial charge is 0.488 e. The van der Waals surface area contributed by atoms with Gasteiger partial charge in [0.15, 0.2) is 0 Å². The number of carbonyl (C=O) groups excluding carboxylic acids is 3. The van der Waals surface area contributed by atoms with Crippen LogP contribution in [0.2, 0.25) is 0 Å². The number of esters is 1. The fourth-order valence-electron chi connectivity index (χ4n) is 4.71. The molecule has 0 radical (unpaired) electrons. The van der Waals surface area contributed by atoms with Gasteiger partial charge in [0.25, 0.3) is 0 Å². The topological polar surface area (TPSA) is 113 Å². The molecule has 11 heteroatoms. The monoisotopic (exact) mass is 527 g/mol. The van der Waals surface area contributed by atoms with E-state index in [-0.39, 0.29) is 35.5 Å². The molecule has 1 atom stereocenters. The molecular weight excluding hydrogens is 493 g/mol. The highest BCUT2D eigenvalue weighted by Crippen LogP contribution is 2.26. The number of aromatic nitrogens is 1. The Balaban J connectivity index is 1.30. The molecule has 4 rings (SSSR count). The van der Waals surface area contributed by atoms with Crippen molar-refractivity contribution in [2.45, 2.75) is 45.6 Å². The standard InChI is InChI=1S/C27H34FN5O5/c1-3-37-25(34)19-8-11-32(12-9-19)27(36)33-10-4-5-23(17-33)38-24-14-20(28)13-22(15-24)31-26(35)30-21-7-6-18(2)29-16-21/h6-7,13-16,19,23H,3-5,8-12,17H2,1-2H3,(H2,30,31,35). The number of halogens is 1. The van der Waals surface area contributed by atoms with Crippen molar-refractivity contribution in [2.75, 3.05) is 43.4 Å². The number of hydrogen-bond donors (Lipinski definition) is 2. The van der Waals surface area contributed by atoms with E-state index in [1.54, 1.807) is 34.9 Å². The highest BCUT2D eigenvalue weighted by molar-refractivity contribution is 5.99. The lowest BCUT2D eigenvalue weighted by Crippen LogP contribution is -2.52. The number of rotatable bonds is 6. The number of carbonyl (C=O) groups is 3. The molecule has 2 aromatic rings. The number of likely N-dealkylation sites (tertiary alicyclic amines) is 2. The van der Waals surface area contributed by atoms with Gasteiger partial charge in [-0.1, -0.05) is 0 Å². The first kappa shape index (κ1) is 27.2. The first-order valence-corrected chi connectivity index (χ1v) is 13.0. The fourth-order valence-corrected chi connectivity index (χ4v) is 4.71. The van der Waals surface area contributed by atoms with Crippen LogP contribution in [-0.4, -0.2) is 71.7 Å². The van der Waals surface area contributed by atoms with Crippen LogP contribution in [0, 0.1) is 18.7 Å². The molecule has 2 aliphatic rings. The molecule has 2 fully saturated rings. The molecule has 3 heterocycles. The van der Waals surface area contributed by atoms with Crippen molar-refractivity contribution in [3.8, 4) is 5.75 Å². The number of ether oxygens (including phenoxy) is 2. The molecule has 1 unspecified atom stereocenters. The van der Waals surface area contributed by atoms with Gasteiger partial charge in [0.2, 0.25) is 0 Å². The van der Waals surface area contributed by atoms with Gasteiger partial charge in [-0.3, -0.25) is 9.78 Å². The quantitative estimate of drug-likeness (QED) is 0.538. The lowest BCUT2D eigenvalue weighted by atomic mass is 9.97. The van der Waals surface area contributed by atoms with Gasteiger partial charge in [0.1, 0.15) is 17.7 Å². The summed E-state index contributed by atoms with van der Waals surface area (Å²) in [5.41, 5.74) is 1.58. The second-order valence-electron chi connectivity index (χ2n) is 9.57. The van der Waals surface area contributed by atoms with Crippen LogP contribution in [0.1, 0.15) is 38.3 Å². The predicted molar refractivity (Wildman–Crippen MR) is 140 cm³/mol. The molecule has 2 saturated heterocycles. The van der Waals surface area contributed by atoms with E-state index >= 15 is 0 Å². The van der Waals surface area contributed by atoms with Crippen LogP contribution in [0.3, 0.4) is 0 Å². The average molecular weight is 528 g/mol. The van der Waals surface area contributed by atoms with Crippen molar-refractivity contribution in [1.82, 2.24) is 14.8 Å². The van der Waals surface area contributed by atoms with E-state index in [2.05, 4.69) is 15.6 Å². The molecule has 0 spiro atoms. The number of hydrogen-bond acceptors (Lipinski definition) is 6. The van der Waals surface area contributed by atoms with Gasteiger partial charge in [0, 0.05) is 43.1 Å². The second kappa shape index (κ2) is 12.6. The third kappa shape index (κ3) is 7.33. The van der Waals surface area contributed by atoms with E-state index in [1.165, 1.54) is 18.3 Å². The zero-order chi connectivity index (χ0) is 27.1. The summed E-state index contributed by atoms with van der Waals surface area (Å²) < 4.78 is 25.5. The Morgan fingerprint density at radius 2 is 1.79 bits per heavy atom. The Morgan fingerprint density at radius 3 is 2.50 bits per heavy atom. The Labute approximate surface area is 221 Å². The summed E-state index contributed by atoms with van der Waals surface area (Å²) in [6.45, 7) is 5.98. The summed E-state index contributed by atoms with van der Waals surface area (Å²) in [5, 5.41) is 5.26. The van der Waals surface area contributed by atoms with E-state index < -0.39 is 11.8 Å². The number of benzene rings is 1. The van der Waals surface area contributed by atoms with Gasteiger partial charge < -0.3 is 29.9 Å². The van der Waals surface area contributed by atoms with Crippen LogP contribution < -0.4 is 15.4 Å². The zero-order valence-electron chi connectivity index (χ0n) is 21.7. The van der Waals surface area contributed by atoms with Crippen molar-refractivity contribution in [3.63, 3.8) is 0 Å². The normalized spacial score (nSPS) is 18.0. The number of amides is 4. The lowest BCUT2D eigenvalue weighted by molar-refractivity contribution is -0.149. The molecule has 0 bridgehead atoms. The second-order valence-corrected chi connectivity index (χ2v) is 9.57. The first-order valence-electron chi connectivity index (χ1n) is 13.0. The highest BCUT2D eigenvalue weighted by atomic mass is 19.1. The number of pyridine rings is 1. The zero-order valence-corrected chi connectivity index (χ0v) is 21.7. The summed E-state index contributed by atoms with van der Waals surface area (Å²) in [6.07, 6.45) is 3.87. The number of urea groups is 2. The van der Waals surface area contributed by atoms with Gasteiger partial charge >= 0.3 is 18.0 Å². The third-order valence-electron chi connectivity index (χ3n) is 6.64. The molecule has 1 aromatic carbocycles. The number of nitrogens with one attached hydrogen (secondary N) is 2. The SMILES string of the molecule is CCOC(=O)C1CCN(C(=O)N2CCCC(Oc3cc(F)cc(NC(=O)Nc4ccc(C)nc4)c3)C2)CC1. The minimum Gasteiger partial charge on any atom is -0.488 e. The molecule has 0 aliphatic carbocycles. The molecule has 1 aromatic heterocycles. The smallest absolute Gasteiger partial charge is 0.323 e. The molecule has 10 nitrogen and oxygen atoms in total. The predicted octanol–water partition coefficient (Wildman–Crippen LogP) is 4.41. The highest BCUT2D eigenvalue weighted by Gasteiger charge is 2.32. The molecule has 204 valence electrons. The van der Waals surface area contributed by atoms with E-state index in [4.69, 9.17) is 9.47 Å². The Bertz CT molecular complexity index is 1140. The minimum absolute atomic E-state index is 0.0792. The van der Waals surface area contributed by atoms with E-state index in [0.717, 1.165) is 18.5 Å². The molecule has 2 aliphatic heterocycles. The number of piperidine rings is 2. The Hall–Kier alpha value is -3.89. The average Bonchev–Trinajstić information content (AvgIpc) is 2.89. The fraction of sp³-hybridized carbons (Fsp3) is 0.481. The van der Waals surface area contributed by atoms with Crippen LogP contribution in [0.4, 0.5) is 25.4 Å². The van der Waals surface area contributed by atoms with Gasteiger partial charge in [-0.25, -0.2) is 14.0 Å². The molecule has 4 amide bonds. The van der Waals surface area contributed by atoms with Crippen LogP contribution in [-0.2, 0) is 9.53 Å². The third-order valence-corrected chi connectivity index (χ3v) is 6.64. The van der Waals surface area contributed by atoms with E-state index in [0.29, 0.717) is 51.3 Å². The maximum atomic E-state index is 14.3. The van der Waals surface area contributed by atoms with Crippen molar-refractivity contribution in [1.29, 1.82) is 0 Å². The van der Waals surface area contributed by atoms with Crippen molar-refractivity contribution in [2.24, 2.45) is 5.92 Å². The van der Waals surface area contributed by atoms with Gasteiger partial charge in [-0.05, 0) is 57.7 Å². The summed E-state index contributed by atoms with van der Waals surface area (Å²) in [5.74, 6) is -0.641. The summed E-state index contributed by atoms with van der Waals surface area (Å²) in [4.78, 5) is 45.1. The van der Waals surface area contributed by atoms with Crippen LogP contribution in [0.15, 0.2) is 36.5 Å². The maximum Gasteiger partial charge on any atom is 0.323 e. The van der Waals surface area contributed by atoms with E-state index in [9.17, 15) is 18.8 Å². The number of aryl methyl sites for hydroxylation is 1. The van der Waals surface area contributed by atoms with Crippen LogP contribution in [0.25, 0.3) is 0 Å². The number of nitrogens with zero attached hydrogens (tertiary/aromatic N) is 3. The van der Waals surface area contributed by atoms with Crippen molar-refractivity contribution in [3.05, 3.63) is 48.0 Å². The molecule has 0 saturated carbocycles. The summed E-state index contributed by atoms with van der Waals surface area (Å²) in [7, 11) is 0. The van der Waals surface area contributed by atoms with Crippen molar-refractivity contribution < 1.29 is 28.2 Å². The lowest BCUT2D eigenvalue weighted by Gasteiger charge is -2.38. The maximum absolute atomic E-state index is 14.3. The van der Waals surface area contributed by atoms with Crippen molar-refractivity contribution >= 4 is 29.4 Å². The Morgan fingerprint density at radius 1 is 1.03 bits per heavy atom. The molecule has 2 N–H and O–H groups in total. The molecule has 38 heavy (non-hydrogen) atoms. The van der Waals surface area contributed by atoms with Gasteiger partial charge in [-0.15, -0.1) is 0 Å². The minimum atomic E-state index is -0.553. The summed E-state index contributed by atoms with van der Waals surface area (Å²) in [6, 6.07) is 6.90. The van der Waals surface area contributed by atoms with Crippen LogP contribution >= 0.6 is 0 Å². The Kier molecular flexibility index (Phi) is 8.98. The first-order chi connectivity index (χ1) is 18.3.